The summed E-state index contributed by atoms with van der Waals surface area (Å²) in [6.07, 6.45) is 1.90. The number of hydrogen-bond acceptors (Lipinski definition) is 3. The second-order valence-electron chi connectivity index (χ2n) is 3.52. The van der Waals surface area contributed by atoms with Crippen molar-refractivity contribution in [1.29, 1.82) is 5.26 Å². The molecule has 0 aliphatic heterocycles. The Morgan fingerprint density at radius 1 is 1.31 bits per heavy atom. The summed E-state index contributed by atoms with van der Waals surface area (Å²) in [7, 11) is 0. The van der Waals surface area contributed by atoms with E-state index in [1.165, 1.54) is 11.3 Å². The van der Waals surface area contributed by atoms with Crippen LogP contribution in [-0.2, 0) is 6.42 Å². The van der Waals surface area contributed by atoms with Gasteiger partial charge in [-0.15, -0.1) is 11.3 Å². The quantitative estimate of drug-likeness (QED) is 0.804. The van der Waals surface area contributed by atoms with Crippen molar-refractivity contribution in [1.82, 2.24) is 4.98 Å². The Hall–Kier alpha value is -1.66. The fourth-order valence-electron chi connectivity index (χ4n) is 1.55. The number of aromatic nitrogens is 1. The van der Waals surface area contributed by atoms with Gasteiger partial charge >= 0.3 is 0 Å². The number of thiazole rings is 1. The van der Waals surface area contributed by atoms with E-state index >= 15 is 0 Å². The SMILES string of the molecule is CCCc1nc(-c2ccccc2)sc1C#N. The van der Waals surface area contributed by atoms with E-state index in [0.717, 1.165) is 34.0 Å². The molecule has 2 aromatic rings. The van der Waals surface area contributed by atoms with Crippen molar-refractivity contribution in [3.8, 4) is 16.6 Å². The topological polar surface area (TPSA) is 36.7 Å². The van der Waals surface area contributed by atoms with Crippen molar-refractivity contribution in [2.75, 3.05) is 0 Å². The molecule has 2 nitrogen and oxygen atoms in total. The van der Waals surface area contributed by atoms with Gasteiger partial charge in [0.15, 0.2) is 0 Å². The number of benzene rings is 1. The standard InChI is InChI=1S/C13H12N2S/c1-2-6-11-12(9-14)16-13(15-11)10-7-4-3-5-8-10/h3-5,7-8H,2,6H2,1H3. The highest BCUT2D eigenvalue weighted by molar-refractivity contribution is 7.15. The van der Waals surface area contributed by atoms with E-state index in [2.05, 4.69) is 18.0 Å². The lowest BCUT2D eigenvalue weighted by molar-refractivity contribution is 0.890. The van der Waals surface area contributed by atoms with E-state index in [0.29, 0.717) is 0 Å². The van der Waals surface area contributed by atoms with Gasteiger partial charge in [-0.25, -0.2) is 4.98 Å². The molecule has 0 unspecified atom stereocenters. The summed E-state index contributed by atoms with van der Waals surface area (Å²) in [5.74, 6) is 0. The van der Waals surface area contributed by atoms with Gasteiger partial charge in [-0.3, -0.25) is 0 Å². The molecule has 0 fully saturated rings. The Kier molecular flexibility index (Phi) is 3.33. The van der Waals surface area contributed by atoms with Gasteiger partial charge in [-0.2, -0.15) is 5.26 Å². The predicted molar refractivity (Wildman–Crippen MR) is 66.3 cm³/mol. The third-order valence-electron chi connectivity index (χ3n) is 2.31. The molecule has 0 radical (unpaired) electrons. The fourth-order valence-corrected chi connectivity index (χ4v) is 2.46. The Balaban J connectivity index is 2.41. The van der Waals surface area contributed by atoms with Crippen LogP contribution < -0.4 is 0 Å². The summed E-state index contributed by atoms with van der Waals surface area (Å²) in [6, 6.07) is 12.2. The molecule has 1 aromatic carbocycles. The molecular formula is C13H12N2S. The lowest BCUT2D eigenvalue weighted by Gasteiger charge is -1.93. The Bertz CT molecular complexity index is 508. The molecule has 0 saturated carbocycles. The molecule has 3 heteroatoms. The summed E-state index contributed by atoms with van der Waals surface area (Å²) in [5.41, 5.74) is 2.03. The maximum atomic E-state index is 9.03. The Labute approximate surface area is 99.2 Å². The molecule has 0 N–H and O–H groups in total. The van der Waals surface area contributed by atoms with E-state index in [1.807, 2.05) is 30.3 Å². The van der Waals surface area contributed by atoms with Crippen molar-refractivity contribution < 1.29 is 0 Å². The first-order chi connectivity index (χ1) is 7.85. The van der Waals surface area contributed by atoms with Crippen molar-refractivity contribution >= 4 is 11.3 Å². The Morgan fingerprint density at radius 2 is 2.06 bits per heavy atom. The molecule has 1 heterocycles. The van der Waals surface area contributed by atoms with Gasteiger partial charge in [0.2, 0.25) is 0 Å². The minimum absolute atomic E-state index is 0.751. The monoisotopic (exact) mass is 228 g/mol. The van der Waals surface area contributed by atoms with Crippen LogP contribution in [0.25, 0.3) is 10.6 Å². The van der Waals surface area contributed by atoms with Gasteiger partial charge in [-0.1, -0.05) is 43.7 Å². The second kappa shape index (κ2) is 4.91. The van der Waals surface area contributed by atoms with Gasteiger partial charge in [-0.05, 0) is 6.42 Å². The van der Waals surface area contributed by atoms with E-state index in [-0.39, 0.29) is 0 Å². The minimum Gasteiger partial charge on any atom is -0.240 e. The van der Waals surface area contributed by atoms with E-state index in [1.54, 1.807) is 0 Å². The average molecular weight is 228 g/mol. The maximum absolute atomic E-state index is 9.03. The molecule has 0 amide bonds. The summed E-state index contributed by atoms with van der Waals surface area (Å²) in [5, 5.41) is 9.97. The van der Waals surface area contributed by atoms with Crippen molar-refractivity contribution in [3.63, 3.8) is 0 Å². The van der Waals surface area contributed by atoms with E-state index in [4.69, 9.17) is 5.26 Å². The summed E-state index contributed by atoms with van der Waals surface area (Å²) in [6.45, 7) is 2.10. The van der Waals surface area contributed by atoms with Gasteiger partial charge in [0, 0.05) is 5.56 Å². The molecule has 16 heavy (non-hydrogen) atoms. The zero-order valence-electron chi connectivity index (χ0n) is 9.10. The minimum atomic E-state index is 0.751. The molecule has 0 spiro atoms. The van der Waals surface area contributed by atoms with E-state index < -0.39 is 0 Å². The highest BCUT2D eigenvalue weighted by atomic mass is 32.1. The molecule has 0 saturated heterocycles. The number of rotatable bonds is 3. The number of nitrogens with zero attached hydrogens (tertiary/aromatic N) is 2. The van der Waals surface area contributed by atoms with E-state index in [9.17, 15) is 0 Å². The zero-order chi connectivity index (χ0) is 11.4. The molecule has 0 atom stereocenters. The van der Waals surface area contributed by atoms with Gasteiger partial charge in [0.25, 0.3) is 0 Å². The van der Waals surface area contributed by atoms with Crippen LogP contribution in [0.1, 0.15) is 23.9 Å². The molecule has 0 aliphatic rings. The lowest BCUT2D eigenvalue weighted by Crippen LogP contribution is -1.86. The fraction of sp³-hybridized carbons (Fsp3) is 0.231. The maximum Gasteiger partial charge on any atom is 0.128 e. The van der Waals surface area contributed by atoms with Crippen molar-refractivity contribution in [3.05, 3.63) is 40.9 Å². The van der Waals surface area contributed by atoms with Crippen LogP contribution >= 0.6 is 11.3 Å². The largest absolute Gasteiger partial charge is 0.240 e. The van der Waals surface area contributed by atoms with Crippen LogP contribution in [0.4, 0.5) is 0 Å². The lowest BCUT2D eigenvalue weighted by atomic mass is 10.2. The highest BCUT2D eigenvalue weighted by Gasteiger charge is 2.10. The van der Waals surface area contributed by atoms with Crippen molar-refractivity contribution in [2.24, 2.45) is 0 Å². The molecule has 2 rings (SSSR count). The number of aryl methyl sites for hydroxylation is 1. The average Bonchev–Trinajstić information content (AvgIpc) is 2.74. The molecular weight excluding hydrogens is 216 g/mol. The molecule has 1 aromatic heterocycles. The first kappa shape index (κ1) is 10.8. The predicted octanol–water partition coefficient (Wildman–Crippen LogP) is 3.63. The normalized spacial score (nSPS) is 10.0. The number of nitriles is 1. The second-order valence-corrected chi connectivity index (χ2v) is 4.52. The summed E-state index contributed by atoms with van der Waals surface area (Å²) in [4.78, 5) is 5.29. The van der Waals surface area contributed by atoms with Crippen LogP contribution in [0.15, 0.2) is 30.3 Å². The van der Waals surface area contributed by atoms with Gasteiger partial charge < -0.3 is 0 Å². The smallest absolute Gasteiger partial charge is 0.128 e. The third kappa shape index (κ3) is 2.12. The van der Waals surface area contributed by atoms with Crippen molar-refractivity contribution in [2.45, 2.75) is 19.8 Å². The number of hydrogen-bond donors (Lipinski definition) is 0. The van der Waals surface area contributed by atoms with Crippen LogP contribution in [0.5, 0.6) is 0 Å². The summed E-state index contributed by atoms with van der Waals surface area (Å²) < 4.78 is 0. The first-order valence-electron chi connectivity index (χ1n) is 5.30. The first-order valence-corrected chi connectivity index (χ1v) is 6.12. The van der Waals surface area contributed by atoms with Crippen LogP contribution in [0.2, 0.25) is 0 Å². The van der Waals surface area contributed by atoms with Crippen LogP contribution in [0, 0.1) is 11.3 Å². The van der Waals surface area contributed by atoms with Crippen LogP contribution in [-0.4, -0.2) is 4.98 Å². The molecule has 0 bridgehead atoms. The third-order valence-corrected chi connectivity index (χ3v) is 3.36. The summed E-state index contributed by atoms with van der Waals surface area (Å²) >= 11 is 1.48. The Morgan fingerprint density at radius 3 is 2.69 bits per heavy atom. The molecule has 0 aliphatic carbocycles. The zero-order valence-corrected chi connectivity index (χ0v) is 9.92. The van der Waals surface area contributed by atoms with Gasteiger partial charge in [0.05, 0.1) is 5.69 Å². The highest BCUT2D eigenvalue weighted by Crippen LogP contribution is 2.27. The van der Waals surface area contributed by atoms with Gasteiger partial charge in [0.1, 0.15) is 16.0 Å². The molecule has 80 valence electrons. The van der Waals surface area contributed by atoms with Crippen LogP contribution in [0.3, 0.4) is 0 Å².